The Bertz CT molecular complexity index is 663. The van der Waals surface area contributed by atoms with Crippen LogP contribution in [0, 0.1) is 0 Å². The molecule has 1 aromatic rings. The highest BCUT2D eigenvalue weighted by atomic mass is 16.2. The van der Waals surface area contributed by atoms with Crippen LogP contribution in [0.5, 0.6) is 0 Å². The van der Waals surface area contributed by atoms with Crippen LogP contribution in [0.25, 0.3) is 0 Å². The van der Waals surface area contributed by atoms with E-state index < -0.39 is 0 Å². The van der Waals surface area contributed by atoms with Crippen molar-refractivity contribution in [2.75, 3.05) is 60.4 Å². The number of aromatic amines is 1. The Hall–Kier alpha value is -1.44. The van der Waals surface area contributed by atoms with Crippen molar-refractivity contribution in [2.24, 2.45) is 0 Å². The summed E-state index contributed by atoms with van der Waals surface area (Å²) in [4.78, 5) is 22.6. The van der Waals surface area contributed by atoms with Crippen LogP contribution in [0.3, 0.4) is 0 Å². The third-order valence-electron chi connectivity index (χ3n) is 6.75. The van der Waals surface area contributed by atoms with Crippen LogP contribution in [0.4, 0.5) is 0 Å². The number of H-pyrrole nitrogens is 1. The molecular formula is C19H32N6O. The molecule has 0 unspecified atom stereocenters. The summed E-state index contributed by atoms with van der Waals surface area (Å²) in [6, 6.07) is 0. The highest BCUT2D eigenvalue weighted by Gasteiger charge is 2.42. The average Bonchev–Trinajstić information content (AvgIpc) is 2.97. The van der Waals surface area contributed by atoms with Gasteiger partial charge in [0.05, 0.1) is 0 Å². The zero-order valence-corrected chi connectivity index (χ0v) is 16.4. The van der Waals surface area contributed by atoms with Crippen LogP contribution in [-0.2, 0) is 13.0 Å². The Morgan fingerprint density at radius 2 is 1.81 bits per heavy atom. The smallest absolute Gasteiger partial charge is 0.274 e. The van der Waals surface area contributed by atoms with Gasteiger partial charge in [0.2, 0.25) is 0 Å². The summed E-state index contributed by atoms with van der Waals surface area (Å²) in [6.45, 7) is 6.77. The van der Waals surface area contributed by atoms with Crippen molar-refractivity contribution in [2.45, 2.75) is 37.8 Å². The number of aromatic nitrogens is 2. The minimum atomic E-state index is 0.117. The highest BCUT2D eigenvalue weighted by molar-refractivity contribution is 5.94. The quantitative estimate of drug-likeness (QED) is 0.797. The number of carbonyl (C=O) groups is 1. The Kier molecular flexibility index (Phi) is 4.79. The lowest BCUT2D eigenvalue weighted by molar-refractivity contribution is 0.0314. The maximum atomic E-state index is 13.4. The lowest BCUT2D eigenvalue weighted by Gasteiger charge is -2.47. The van der Waals surface area contributed by atoms with Gasteiger partial charge < -0.3 is 14.7 Å². The lowest BCUT2D eigenvalue weighted by atomic mass is 9.85. The predicted molar refractivity (Wildman–Crippen MR) is 101 cm³/mol. The van der Waals surface area contributed by atoms with Gasteiger partial charge in [-0.25, -0.2) is 0 Å². The normalized spacial score (nSPS) is 25.3. The van der Waals surface area contributed by atoms with Crippen molar-refractivity contribution < 1.29 is 4.79 Å². The van der Waals surface area contributed by atoms with Crippen LogP contribution in [0.2, 0.25) is 0 Å². The topological polar surface area (TPSA) is 58.7 Å². The van der Waals surface area contributed by atoms with Crippen LogP contribution in [0.15, 0.2) is 0 Å². The number of piperidine rings is 1. The summed E-state index contributed by atoms with van der Waals surface area (Å²) < 4.78 is 0. The molecule has 1 aromatic heterocycles. The number of carbonyl (C=O) groups excluding carboxylic acids is 1. The van der Waals surface area contributed by atoms with Crippen LogP contribution in [0.1, 0.15) is 41.0 Å². The van der Waals surface area contributed by atoms with Gasteiger partial charge in [-0.1, -0.05) is 0 Å². The van der Waals surface area contributed by atoms with Gasteiger partial charge in [-0.05, 0) is 53.5 Å². The predicted octanol–water partition coefficient (Wildman–Crippen LogP) is 0.640. The molecule has 0 aliphatic carbocycles. The van der Waals surface area contributed by atoms with E-state index in [1.807, 2.05) is 0 Å². The Morgan fingerprint density at radius 3 is 2.58 bits per heavy atom. The average molecular weight is 361 g/mol. The largest absolute Gasteiger partial charge is 0.335 e. The molecule has 0 radical (unpaired) electrons. The number of likely N-dealkylation sites (N-methyl/N-ethyl adjacent to an activating group) is 2. The number of amides is 1. The van der Waals surface area contributed by atoms with Gasteiger partial charge in [0.25, 0.3) is 5.91 Å². The van der Waals surface area contributed by atoms with Crippen molar-refractivity contribution in [1.82, 2.24) is 29.8 Å². The molecule has 2 fully saturated rings. The first-order valence-corrected chi connectivity index (χ1v) is 9.92. The second-order valence-electron chi connectivity index (χ2n) is 8.55. The van der Waals surface area contributed by atoms with Crippen LogP contribution < -0.4 is 0 Å². The number of fused-ring (bicyclic) bond motifs is 1. The molecule has 1 spiro atoms. The minimum Gasteiger partial charge on any atom is -0.335 e. The van der Waals surface area contributed by atoms with Gasteiger partial charge in [-0.15, -0.1) is 0 Å². The monoisotopic (exact) mass is 360 g/mol. The summed E-state index contributed by atoms with van der Waals surface area (Å²) in [5, 5.41) is 7.56. The Labute approximate surface area is 156 Å². The first kappa shape index (κ1) is 17.9. The number of rotatable bonds is 1. The summed E-state index contributed by atoms with van der Waals surface area (Å²) >= 11 is 0. The van der Waals surface area contributed by atoms with Gasteiger partial charge in [-0.3, -0.25) is 14.8 Å². The number of hydrogen-bond donors (Lipinski definition) is 1. The fourth-order valence-electron chi connectivity index (χ4n) is 4.80. The van der Waals surface area contributed by atoms with Gasteiger partial charge in [0.15, 0.2) is 5.69 Å². The Balaban J connectivity index is 1.57. The lowest BCUT2D eigenvalue weighted by Crippen LogP contribution is -2.58. The molecule has 1 N–H and O–H groups in total. The van der Waals surface area contributed by atoms with E-state index in [9.17, 15) is 4.79 Å². The fraction of sp³-hybridized carbons (Fsp3) is 0.789. The molecular weight excluding hydrogens is 328 g/mol. The first-order valence-electron chi connectivity index (χ1n) is 9.92. The number of hydrogen-bond acceptors (Lipinski definition) is 5. The standard InChI is InChI=1S/C19H32N6O/c1-22-11-6-19(7-12-22)14-25(9-4-8-24(19)3)18(26)17-15-13-23(2)10-5-16(15)20-21-17/h4-14H2,1-3H3,(H,20,21). The van der Waals surface area contributed by atoms with Crippen molar-refractivity contribution in [3.8, 4) is 0 Å². The molecule has 4 rings (SSSR count). The highest BCUT2D eigenvalue weighted by Crippen LogP contribution is 2.32. The SMILES string of the molecule is CN1CCC2(CC1)CN(C(=O)c1n[nH]c3c1CN(C)CC3)CCCN2C. The molecule has 4 heterocycles. The van der Waals surface area contributed by atoms with E-state index in [0.717, 1.165) is 82.8 Å². The van der Waals surface area contributed by atoms with Gasteiger partial charge in [-0.2, -0.15) is 5.10 Å². The molecule has 7 heteroatoms. The van der Waals surface area contributed by atoms with Crippen molar-refractivity contribution >= 4 is 5.91 Å². The van der Waals surface area contributed by atoms with E-state index in [0.29, 0.717) is 5.69 Å². The van der Waals surface area contributed by atoms with Gasteiger partial charge >= 0.3 is 0 Å². The zero-order valence-electron chi connectivity index (χ0n) is 16.4. The molecule has 3 aliphatic rings. The number of nitrogens with zero attached hydrogens (tertiary/aromatic N) is 5. The van der Waals surface area contributed by atoms with Crippen molar-refractivity contribution in [3.05, 3.63) is 17.0 Å². The van der Waals surface area contributed by atoms with E-state index in [1.165, 1.54) is 0 Å². The first-order chi connectivity index (χ1) is 12.5. The van der Waals surface area contributed by atoms with Crippen molar-refractivity contribution in [1.29, 1.82) is 0 Å². The van der Waals surface area contributed by atoms with Gasteiger partial charge in [0.1, 0.15) is 0 Å². The molecule has 0 aromatic carbocycles. The van der Waals surface area contributed by atoms with E-state index in [2.05, 4.69) is 50.9 Å². The molecule has 0 bridgehead atoms. The zero-order chi connectivity index (χ0) is 18.3. The van der Waals surface area contributed by atoms with Gasteiger partial charge in [0, 0.05) is 55.9 Å². The third-order valence-corrected chi connectivity index (χ3v) is 6.75. The molecule has 0 saturated carbocycles. The van der Waals surface area contributed by atoms with E-state index in [4.69, 9.17) is 0 Å². The van der Waals surface area contributed by atoms with E-state index in [1.54, 1.807) is 0 Å². The summed E-state index contributed by atoms with van der Waals surface area (Å²) in [7, 11) is 6.54. The molecule has 1 amide bonds. The summed E-state index contributed by atoms with van der Waals surface area (Å²) in [5.74, 6) is 0.117. The Morgan fingerprint density at radius 1 is 1.04 bits per heavy atom. The molecule has 2 saturated heterocycles. The number of likely N-dealkylation sites (tertiary alicyclic amines) is 1. The second kappa shape index (κ2) is 6.94. The molecule has 7 nitrogen and oxygen atoms in total. The summed E-state index contributed by atoms with van der Waals surface area (Å²) in [6.07, 6.45) is 4.24. The molecule has 144 valence electrons. The van der Waals surface area contributed by atoms with E-state index in [-0.39, 0.29) is 11.4 Å². The maximum absolute atomic E-state index is 13.4. The molecule has 26 heavy (non-hydrogen) atoms. The van der Waals surface area contributed by atoms with Crippen molar-refractivity contribution in [3.63, 3.8) is 0 Å². The molecule has 3 aliphatic heterocycles. The second-order valence-corrected chi connectivity index (χ2v) is 8.55. The summed E-state index contributed by atoms with van der Waals surface area (Å²) in [5.41, 5.74) is 3.02. The minimum absolute atomic E-state index is 0.117. The van der Waals surface area contributed by atoms with Crippen LogP contribution >= 0.6 is 0 Å². The number of nitrogens with one attached hydrogen (secondary N) is 1. The van der Waals surface area contributed by atoms with E-state index >= 15 is 0 Å². The third kappa shape index (κ3) is 3.17. The molecule has 0 atom stereocenters. The maximum Gasteiger partial charge on any atom is 0.274 e. The van der Waals surface area contributed by atoms with Crippen LogP contribution in [-0.4, -0.2) is 102 Å². The fourth-order valence-corrected chi connectivity index (χ4v) is 4.80.